The van der Waals surface area contributed by atoms with Crippen LogP contribution in [-0.4, -0.2) is 9.97 Å². The van der Waals surface area contributed by atoms with Gasteiger partial charge in [-0.2, -0.15) is 23.4 Å². The average molecular weight is 437 g/mol. The number of halogens is 3. The van der Waals surface area contributed by atoms with Gasteiger partial charge in [0.2, 0.25) is 5.95 Å². The van der Waals surface area contributed by atoms with E-state index in [1.807, 2.05) is 18.2 Å². The Balaban J connectivity index is 1.56. The molecule has 1 heterocycles. The smallest absolute Gasteiger partial charge is 0.340 e. The molecule has 1 aromatic heterocycles. The quantitative estimate of drug-likeness (QED) is 0.454. The van der Waals surface area contributed by atoms with Crippen molar-refractivity contribution in [2.45, 2.75) is 44.2 Å². The van der Waals surface area contributed by atoms with Gasteiger partial charge in [-0.15, -0.1) is 0 Å². The van der Waals surface area contributed by atoms with Gasteiger partial charge in [-0.1, -0.05) is 37.5 Å². The Morgan fingerprint density at radius 1 is 0.938 bits per heavy atom. The Kier molecular flexibility index (Phi) is 6.26. The minimum absolute atomic E-state index is 0.0438. The van der Waals surface area contributed by atoms with E-state index in [9.17, 15) is 13.2 Å². The molecule has 1 saturated carbocycles. The van der Waals surface area contributed by atoms with Crippen LogP contribution in [0.1, 0.15) is 54.7 Å². The largest absolute Gasteiger partial charge is 0.421 e. The lowest BCUT2D eigenvalue weighted by molar-refractivity contribution is -0.137. The van der Waals surface area contributed by atoms with Crippen LogP contribution in [0.2, 0.25) is 0 Å². The molecule has 2 N–H and O–H groups in total. The van der Waals surface area contributed by atoms with Gasteiger partial charge in [0.1, 0.15) is 11.4 Å². The number of hydrogen-bond donors (Lipinski definition) is 2. The van der Waals surface area contributed by atoms with E-state index in [0.29, 0.717) is 22.9 Å². The highest BCUT2D eigenvalue weighted by atomic mass is 19.4. The van der Waals surface area contributed by atoms with E-state index in [4.69, 9.17) is 5.26 Å². The molecular formula is C24H22F3N5. The highest BCUT2D eigenvalue weighted by molar-refractivity contribution is 5.64. The van der Waals surface area contributed by atoms with Crippen LogP contribution in [-0.2, 0) is 6.18 Å². The number of nitriles is 1. The van der Waals surface area contributed by atoms with E-state index in [0.717, 1.165) is 6.20 Å². The van der Waals surface area contributed by atoms with Crippen LogP contribution in [0.4, 0.5) is 36.3 Å². The second-order valence-electron chi connectivity index (χ2n) is 7.85. The fourth-order valence-electron chi connectivity index (χ4n) is 3.95. The first-order valence-electron chi connectivity index (χ1n) is 10.5. The zero-order valence-electron chi connectivity index (χ0n) is 17.3. The molecule has 5 nitrogen and oxygen atoms in total. The molecule has 32 heavy (non-hydrogen) atoms. The molecule has 8 heteroatoms. The molecule has 0 aliphatic heterocycles. The second kappa shape index (κ2) is 9.27. The summed E-state index contributed by atoms with van der Waals surface area (Å²) in [6.07, 6.45) is 2.29. The molecule has 1 aliphatic rings. The standard InChI is InChI=1S/C24H22F3N5/c25-24(26,27)21-15-29-23(32-22(21)30-20-8-4-5-16(13-20)14-28)31-19-11-9-18(10-12-19)17-6-2-1-3-7-17/h4-5,8-13,15,17H,1-3,6-7H2,(H2,29,30,31,32). The van der Waals surface area contributed by atoms with Crippen LogP contribution in [0.3, 0.4) is 0 Å². The maximum Gasteiger partial charge on any atom is 0.421 e. The number of alkyl halides is 3. The van der Waals surface area contributed by atoms with Crippen molar-refractivity contribution in [3.05, 3.63) is 71.4 Å². The van der Waals surface area contributed by atoms with Gasteiger partial charge in [0, 0.05) is 17.6 Å². The molecule has 164 valence electrons. The average Bonchev–Trinajstić information content (AvgIpc) is 2.80. The number of benzene rings is 2. The number of hydrogen-bond acceptors (Lipinski definition) is 5. The van der Waals surface area contributed by atoms with Gasteiger partial charge in [-0.25, -0.2) is 4.98 Å². The van der Waals surface area contributed by atoms with Gasteiger partial charge in [0.25, 0.3) is 0 Å². The van der Waals surface area contributed by atoms with Crippen molar-refractivity contribution in [2.24, 2.45) is 0 Å². The first-order valence-corrected chi connectivity index (χ1v) is 10.5. The Labute approximate surface area is 184 Å². The van der Waals surface area contributed by atoms with Crippen LogP contribution in [0, 0.1) is 11.3 Å². The Bertz CT molecular complexity index is 1110. The molecule has 0 bridgehead atoms. The molecule has 0 unspecified atom stereocenters. The molecule has 0 radical (unpaired) electrons. The summed E-state index contributed by atoms with van der Waals surface area (Å²) in [6, 6.07) is 16.0. The van der Waals surface area contributed by atoms with Gasteiger partial charge in [-0.3, -0.25) is 0 Å². The molecule has 0 amide bonds. The Morgan fingerprint density at radius 3 is 2.38 bits per heavy atom. The third-order valence-electron chi connectivity index (χ3n) is 5.59. The van der Waals surface area contributed by atoms with Crippen LogP contribution < -0.4 is 10.6 Å². The first kappa shape index (κ1) is 21.6. The summed E-state index contributed by atoms with van der Waals surface area (Å²) in [7, 11) is 0. The second-order valence-corrected chi connectivity index (χ2v) is 7.85. The molecule has 1 aliphatic carbocycles. The summed E-state index contributed by atoms with van der Waals surface area (Å²) in [5.74, 6) is 0.228. The van der Waals surface area contributed by atoms with Gasteiger partial charge in [0.15, 0.2) is 0 Å². The summed E-state index contributed by atoms with van der Waals surface area (Å²) in [5, 5.41) is 14.7. The van der Waals surface area contributed by atoms with E-state index in [1.54, 1.807) is 18.2 Å². The van der Waals surface area contributed by atoms with Crippen molar-refractivity contribution < 1.29 is 13.2 Å². The van der Waals surface area contributed by atoms with Crippen LogP contribution in [0.5, 0.6) is 0 Å². The normalized spacial score (nSPS) is 14.6. The predicted octanol–water partition coefficient (Wildman–Crippen LogP) is 6.90. The molecule has 1 fully saturated rings. The summed E-state index contributed by atoms with van der Waals surface area (Å²) in [6.45, 7) is 0. The van der Waals surface area contributed by atoms with Gasteiger partial charge in [-0.05, 0) is 54.7 Å². The van der Waals surface area contributed by atoms with E-state index >= 15 is 0 Å². The Hall–Kier alpha value is -3.60. The molecule has 2 aromatic carbocycles. The van der Waals surface area contributed by atoms with E-state index < -0.39 is 11.7 Å². The zero-order valence-corrected chi connectivity index (χ0v) is 17.3. The van der Waals surface area contributed by atoms with Crippen LogP contribution >= 0.6 is 0 Å². The van der Waals surface area contributed by atoms with Gasteiger partial charge < -0.3 is 10.6 Å². The maximum atomic E-state index is 13.5. The zero-order chi connectivity index (χ0) is 22.6. The lowest BCUT2D eigenvalue weighted by atomic mass is 9.84. The number of nitrogens with one attached hydrogen (secondary N) is 2. The lowest BCUT2D eigenvalue weighted by Crippen LogP contribution is -2.12. The number of nitrogens with zero attached hydrogens (tertiary/aromatic N) is 3. The van der Waals surface area contributed by atoms with Crippen molar-refractivity contribution in [1.29, 1.82) is 5.26 Å². The maximum absolute atomic E-state index is 13.5. The minimum Gasteiger partial charge on any atom is -0.340 e. The van der Waals surface area contributed by atoms with Crippen molar-refractivity contribution in [3.8, 4) is 6.07 Å². The third kappa shape index (κ3) is 5.17. The lowest BCUT2D eigenvalue weighted by Gasteiger charge is -2.22. The molecular weight excluding hydrogens is 415 g/mol. The molecule has 0 spiro atoms. The van der Waals surface area contributed by atoms with Crippen molar-refractivity contribution in [2.75, 3.05) is 10.6 Å². The highest BCUT2D eigenvalue weighted by Crippen LogP contribution is 2.36. The summed E-state index contributed by atoms with van der Waals surface area (Å²) >= 11 is 0. The first-order chi connectivity index (χ1) is 15.4. The molecule has 4 rings (SSSR count). The fourth-order valence-corrected chi connectivity index (χ4v) is 3.95. The highest BCUT2D eigenvalue weighted by Gasteiger charge is 2.35. The van der Waals surface area contributed by atoms with Crippen molar-refractivity contribution in [1.82, 2.24) is 9.97 Å². The monoisotopic (exact) mass is 437 g/mol. The summed E-state index contributed by atoms with van der Waals surface area (Å²) in [4.78, 5) is 7.92. The minimum atomic E-state index is -4.63. The van der Waals surface area contributed by atoms with Gasteiger partial charge >= 0.3 is 6.18 Å². The Morgan fingerprint density at radius 2 is 1.69 bits per heavy atom. The van der Waals surface area contributed by atoms with E-state index in [1.165, 1.54) is 43.7 Å². The summed E-state index contributed by atoms with van der Waals surface area (Å²) in [5.41, 5.74) is 1.65. The number of aromatic nitrogens is 2. The van der Waals surface area contributed by atoms with E-state index in [-0.39, 0.29) is 11.8 Å². The van der Waals surface area contributed by atoms with Crippen molar-refractivity contribution in [3.63, 3.8) is 0 Å². The summed E-state index contributed by atoms with van der Waals surface area (Å²) < 4.78 is 40.5. The van der Waals surface area contributed by atoms with E-state index in [2.05, 4.69) is 32.7 Å². The topological polar surface area (TPSA) is 73.6 Å². The number of anilines is 4. The fraction of sp³-hybridized carbons (Fsp3) is 0.292. The van der Waals surface area contributed by atoms with Crippen LogP contribution in [0.15, 0.2) is 54.7 Å². The molecule has 3 aromatic rings. The molecule has 0 atom stereocenters. The SMILES string of the molecule is N#Cc1cccc(Nc2nc(Nc3ccc(C4CCCCC4)cc3)ncc2C(F)(F)F)c1. The number of rotatable bonds is 5. The van der Waals surface area contributed by atoms with Gasteiger partial charge in [0.05, 0.1) is 11.6 Å². The van der Waals surface area contributed by atoms with Crippen LogP contribution in [0.25, 0.3) is 0 Å². The molecule has 0 saturated heterocycles. The third-order valence-corrected chi connectivity index (χ3v) is 5.59. The van der Waals surface area contributed by atoms with Crippen molar-refractivity contribution >= 4 is 23.1 Å². The predicted molar refractivity (Wildman–Crippen MR) is 117 cm³/mol.